The molecular weight excluding hydrogens is 396 g/mol. The van der Waals surface area contributed by atoms with Crippen molar-refractivity contribution >= 4 is 37.5 Å². The summed E-state index contributed by atoms with van der Waals surface area (Å²) >= 11 is 3.24. The van der Waals surface area contributed by atoms with Crippen molar-refractivity contribution in [2.24, 2.45) is 0 Å². The van der Waals surface area contributed by atoms with Crippen LogP contribution in [0, 0.1) is 6.92 Å². The highest BCUT2D eigenvalue weighted by Crippen LogP contribution is 2.25. The summed E-state index contributed by atoms with van der Waals surface area (Å²) in [6.45, 7) is 1.50. The maximum Gasteiger partial charge on any atom is 0.241 e. The number of hydrogen-bond donors (Lipinski definition) is 2. The third-order valence-corrected chi connectivity index (χ3v) is 5.12. The Balaban J connectivity index is 2.03. The number of aryl methyl sites for hydroxylation is 1. The number of ether oxygens (including phenoxy) is 1. The lowest BCUT2D eigenvalue weighted by molar-refractivity contribution is -0.115. The van der Waals surface area contributed by atoms with Gasteiger partial charge in [-0.05, 0) is 48.9 Å². The van der Waals surface area contributed by atoms with E-state index >= 15 is 0 Å². The van der Waals surface area contributed by atoms with Crippen LogP contribution in [0.5, 0.6) is 5.75 Å². The molecule has 0 heterocycles. The maximum atomic E-state index is 12.1. The molecule has 6 nitrogen and oxygen atoms in total. The number of sulfonamides is 1. The van der Waals surface area contributed by atoms with Crippen LogP contribution in [0.2, 0.25) is 0 Å². The van der Waals surface area contributed by atoms with E-state index in [1.54, 1.807) is 24.3 Å². The first-order valence-corrected chi connectivity index (χ1v) is 9.29. The molecule has 2 rings (SSSR count). The van der Waals surface area contributed by atoms with Gasteiger partial charge in [0, 0.05) is 4.47 Å². The highest BCUT2D eigenvalue weighted by atomic mass is 79.9. The van der Waals surface area contributed by atoms with Gasteiger partial charge in [-0.3, -0.25) is 4.79 Å². The Hall–Kier alpha value is -1.90. The number of methoxy groups -OCH3 is 1. The zero-order valence-electron chi connectivity index (χ0n) is 13.2. The maximum absolute atomic E-state index is 12.1. The first-order valence-electron chi connectivity index (χ1n) is 7.01. The SMILES string of the molecule is COc1ccc(C)cc1NC(=O)CNS(=O)(=O)c1ccc(Br)cc1. The van der Waals surface area contributed by atoms with Crippen molar-refractivity contribution in [2.75, 3.05) is 19.0 Å². The van der Waals surface area contributed by atoms with Crippen molar-refractivity contribution in [3.8, 4) is 5.75 Å². The summed E-state index contributed by atoms with van der Waals surface area (Å²) in [6.07, 6.45) is 0. The van der Waals surface area contributed by atoms with E-state index in [0.717, 1.165) is 10.0 Å². The van der Waals surface area contributed by atoms with Crippen molar-refractivity contribution < 1.29 is 17.9 Å². The van der Waals surface area contributed by atoms with Gasteiger partial charge in [-0.1, -0.05) is 22.0 Å². The fraction of sp³-hybridized carbons (Fsp3) is 0.188. The van der Waals surface area contributed by atoms with Gasteiger partial charge in [0.1, 0.15) is 5.75 Å². The Morgan fingerprint density at radius 3 is 2.46 bits per heavy atom. The molecule has 0 saturated carbocycles. The number of carbonyl (C=O) groups is 1. The fourth-order valence-corrected chi connectivity index (χ4v) is 3.22. The standard InChI is InChI=1S/C16H17BrN2O4S/c1-11-3-8-15(23-2)14(9-11)19-16(20)10-18-24(21,22)13-6-4-12(17)5-7-13/h3-9,18H,10H2,1-2H3,(H,19,20). The van der Waals surface area contributed by atoms with E-state index in [1.165, 1.54) is 19.2 Å². The lowest BCUT2D eigenvalue weighted by Crippen LogP contribution is -2.33. The van der Waals surface area contributed by atoms with Gasteiger partial charge in [0.05, 0.1) is 24.2 Å². The third-order valence-electron chi connectivity index (χ3n) is 3.18. The van der Waals surface area contributed by atoms with Crippen LogP contribution in [0.1, 0.15) is 5.56 Å². The van der Waals surface area contributed by atoms with E-state index in [1.807, 2.05) is 13.0 Å². The normalized spacial score (nSPS) is 11.1. The molecule has 0 saturated heterocycles. The molecule has 0 aliphatic rings. The molecule has 0 aromatic heterocycles. The summed E-state index contributed by atoms with van der Waals surface area (Å²) in [7, 11) is -2.25. The number of rotatable bonds is 6. The van der Waals surface area contributed by atoms with Crippen LogP contribution >= 0.6 is 15.9 Å². The molecule has 2 N–H and O–H groups in total. The van der Waals surface area contributed by atoms with Crippen LogP contribution in [0.25, 0.3) is 0 Å². The van der Waals surface area contributed by atoms with Gasteiger partial charge in [-0.25, -0.2) is 13.1 Å². The molecule has 24 heavy (non-hydrogen) atoms. The summed E-state index contributed by atoms with van der Waals surface area (Å²) in [6, 6.07) is 11.5. The summed E-state index contributed by atoms with van der Waals surface area (Å²) in [5.74, 6) is 0.0179. The molecule has 0 unspecified atom stereocenters. The third kappa shape index (κ3) is 4.80. The number of amides is 1. The van der Waals surface area contributed by atoms with Gasteiger partial charge in [-0.2, -0.15) is 0 Å². The van der Waals surface area contributed by atoms with E-state index in [2.05, 4.69) is 26.0 Å². The molecule has 2 aromatic rings. The van der Waals surface area contributed by atoms with Gasteiger partial charge in [0.25, 0.3) is 0 Å². The van der Waals surface area contributed by atoms with Crippen LogP contribution in [0.15, 0.2) is 51.8 Å². The summed E-state index contributed by atoms with van der Waals surface area (Å²) < 4.78 is 32.5. The van der Waals surface area contributed by atoms with Gasteiger partial charge in [-0.15, -0.1) is 0 Å². The lowest BCUT2D eigenvalue weighted by Gasteiger charge is -2.11. The van der Waals surface area contributed by atoms with Crippen LogP contribution in [0.4, 0.5) is 5.69 Å². The molecule has 0 bridgehead atoms. The molecule has 0 radical (unpaired) electrons. The molecule has 0 spiro atoms. The smallest absolute Gasteiger partial charge is 0.241 e. The second-order valence-electron chi connectivity index (χ2n) is 5.03. The molecule has 1 amide bonds. The van der Waals surface area contributed by atoms with Crippen molar-refractivity contribution in [2.45, 2.75) is 11.8 Å². The molecule has 0 aliphatic carbocycles. The van der Waals surface area contributed by atoms with Crippen molar-refractivity contribution in [3.63, 3.8) is 0 Å². The number of hydrogen-bond acceptors (Lipinski definition) is 4. The summed E-state index contributed by atoms with van der Waals surface area (Å²) in [4.78, 5) is 12.1. The molecule has 0 fully saturated rings. The van der Waals surface area contributed by atoms with E-state index < -0.39 is 15.9 Å². The number of benzene rings is 2. The Kier molecular flexibility index (Phi) is 5.98. The zero-order chi connectivity index (χ0) is 17.7. The number of nitrogens with one attached hydrogen (secondary N) is 2. The monoisotopic (exact) mass is 412 g/mol. The van der Waals surface area contributed by atoms with E-state index in [0.29, 0.717) is 11.4 Å². The van der Waals surface area contributed by atoms with Crippen LogP contribution < -0.4 is 14.8 Å². The number of carbonyl (C=O) groups excluding carboxylic acids is 1. The minimum Gasteiger partial charge on any atom is -0.495 e. The highest BCUT2D eigenvalue weighted by Gasteiger charge is 2.16. The van der Waals surface area contributed by atoms with Gasteiger partial charge >= 0.3 is 0 Å². The second kappa shape index (κ2) is 7.78. The Morgan fingerprint density at radius 1 is 1.17 bits per heavy atom. The van der Waals surface area contributed by atoms with E-state index in [4.69, 9.17) is 4.74 Å². The second-order valence-corrected chi connectivity index (χ2v) is 7.71. The number of anilines is 1. The highest BCUT2D eigenvalue weighted by molar-refractivity contribution is 9.10. The molecule has 0 aliphatic heterocycles. The predicted molar refractivity (Wildman–Crippen MR) is 95.7 cm³/mol. The van der Waals surface area contributed by atoms with Crippen molar-refractivity contribution in [3.05, 3.63) is 52.5 Å². The van der Waals surface area contributed by atoms with Gasteiger partial charge in [0.2, 0.25) is 15.9 Å². The van der Waals surface area contributed by atoms with Crippen LogP contribution in [-0.2, 0) is 14.8 Å². The predicted octanol–water partition coefficient (Wildman–Crippen LogP) is 2.68. The van der Waals surface area contributed by atoms with Crippen molar-refractivity contribution in [1.29, 1.82) is 0 Å². The molecule has 2 aromatic carbocycles. The summed E-state index contributed by atoms with van der Waals surface area (Å²) in [5.41, 5.74) is 1.44. The topological polar surface area (TPSA) is 84.5 Å². The Morgan fingerprint density at radius 2 is 1.83 bits per heavy atom. The van der Waals surface area contributed by atoms with Crippen LogP contribution in [-0.4, -0.2) is 28.0 Å². The minimum atomic E-state index is -3.75. The Labute approximate surface area is 149 Å². The largest absolute Gasteiger partial charge is 0.495 e. The Bertz CT molecular complexity index is 836. The fourth-order valence-electron chi connectivity index (χ4n) is 1.97. The van der Waals surface area contributed by atoms with Gasteiger partial charge < -0.3 is 10.1 Å². The molecule has 0 atom stereocenters. The van der Waals surface area contributed by atoms with Crippen LogP contribution in [0.3, 0.4) is 0 Å². The lowest BCUT2D eigenvalue weighted by atomic mass is 10.2. The van der Waals surface area contributed by atoms with E-state index in [9.17, 15) is 13.2 Å². The van der Waals surface area contributed by atoms with Gasteiger partial charge in [0.15, 0.2) is 0 Å². The average molecular weight is 413 g/mol. The first-order chi connectivity index (χ1) is 11.3. The number of halogens is 1. The minimum absolute atomic E-state index is 0.0895. The zero-order valence-corrected chi connectivity index (χ0v) is 15.6. The molecule has 128 valence electrons. The first kappa shape index (κ1) is 18.4. The summed E-state index contributed by atoms with van der Waals surface area (Å²) in [5, 5.41) is 2.64. The van der Waals surface area contributed by atoms with E-state index in [-0.39, 0.29) is 11.4 Å². The quantitative estimate of drug-likeness (QED) is 0.763. The molecule has 8 heteroatoms. The average Bonchev–Trinajstić information content (AvgIpc) is 2.54. The van der Waals surface area contributed by atoms with Crippen molar-refractivity contribution in [1.82, 2.24) is 4.72 Å². The molecular formula is C16H17BrN2O4S.